The molecular formula is C25H41N3O2. The molecule has 1 aliphatic heterocycles. The van der Waals surface area contributed by atoms with Crippen molar-refractivity contribution in [3.05, 3.63) is 35.9 Å². The third-order valence-corrected chi connectivity index (χ3v) is 6.15. The standard InChI is InChI=1S/C25H41N3O2/c1-5-26(6-2)18-19-28(20-21(3)4)25(30)23-14-16-27(17-15-23)24(29)13-12-22-10-8-7-9-11-22/h7-11,21,23H,5-6,12-20H2,1-4H3. The lowest BCUT2D eigenvalue weighted by atomic mass is 9.94. The fourth-order valence-corrected chi connectivity index (χ4v) is 4.22. The van der Waals surface area contributed by atoms with Crippen LogP contribution in [0.15, 0.2) is 30.3 Å². The first-order valence-corrected chi connectivity index (χ1v) is 11.8. The fourth-order valence-electron chi connectivity index (χ4n) is 4.22. The number of likely N-dealkylation sites (tertiary alicyclic amines) is 1. The summed E-state index contributed by atoms with van der Waals surface area (Å²) in [6, 6.07) is 10.2. The monoisotopic (exact) mass is 415 g/mol. The molecule has 0 spiro atoms. The van der Waals surface area contributed by atoms with Crippen LogP contribution in [0.3, 0.4) is 0 Å². The molecule has 0 radical (unpaired) electrons. The zero-order valence-corrected chi connectivity index (χ0v) is 19.5. The average molecular weight is 416 g/mol. The molecule has 1 aromatic rings. The molecule has 1 fully saturated rings. The predicted molar refractivity (Wildman–Crippen MR) is 123 cm³/mol. The topological polar surface area (TPSA) is 43.9 Å². The van der Waals surface area contributed by atoms with Gasteiger partial charge in [0.1, 0.15) is 0 Å². The van der Waals surface area contributed by atoms with E-state index in [1.807, 2.05) is 23.1 Å². The molecule has 0 aliphatic carbocycles. The smallest absolute Gasteiger partial charge is 0.225 e. The summed E-state index contributed by atoms with van der Waals surface area (Å²) in [4.78, 5) is 32.2. The van der Waals surface area contributed by atoms with Crippen molar-refractivity contribution in [2.24, 2.45) is 11.8 Å². The first-order chi connectivity index (χ1) is 14.4. The van der Waals surface area contributed by atoms with Crippen molar-refractivity contribution < 1.29 is 9.59 Å². The highest BCUT2D eigenvalue weighted by Crippen LogP contribution is 2.21. The second-order valence-corrected chi connectivity index (χ2v) is 8.85. The molecule has 2 amide bonds. The van der Waals surface area contributed by atoms with Gasteiger partial charge in [0, 0.05) is 45.1 Å². The van der Waals surface area contributed by atoms with E-state index in [-0.39, 0.29) is 17.7 Å². The lowest BCUT2D eigenvalue weighted by Gasteiger charge is -2.35. The Bertz CT molecular complexity index is 635. The van der Waals surface area contributed by atoms with Gasteiger partial charge in [0.2, 0.25) is 11.8 Å². The van der Waals surface area contributed by atoms with Crippen LogP contribution in [0.1, 0.15) is 52.5 Å². The number of carbonyl (C=O) groups is 2. The highest BCUT2D eigenvalue weighted by Gasteiger charge is 2.30. The minimum atomic E-state index is 0.0543. The van der Waals surface area contributed by atoms with Crippen molar-refractivity contribution in [3.8, 4) is 0 Å². The second kappa shape index (κ2) is 12.7. The Hall–Kier alpha value is -1.88. The Kier molecular flexibility index (Phi) is 10.4. The van der Waals surface area contributed by atoms with Crippen LogP contribution in [0.25, 0.3) is 0 Å². The van der Waals surface area contributed by atoms with Gasteiger partial charge in [-0.15, -0.1) is 0 Å². The highest BCUT2D eigenvalue weighted by atomic mass is 16.2. The number of piperidine rings is 1. The quantitative estimate of drug-likeness (QED) is 0.554. The van der Waals surface area contributed by atoms with Crippen LogP contribution < -0.4 is 0 Å². The van der Waals surface area contributed by atoms with Gasteiger partial charge in [-0.3, -0.25) is 9.59 Å². The molecule has 5 heteroatoms. The van der Waals surface area contributed by atoms with Gasteiger partial charge >= 0.3 is 0 Å². The van der Waals surface area contributed by atoms with Gasteiger partial charge < -0.3 is 14.7 Å². The minimum Gasteiger partial charge on any atom is -0.343 e. The predicted octanol–water partition coefficient (Wildman–Crippen LogP) is 3.68. The highest BCUT2D eigenvalue weighted by molar-refractivity contribution is 5.80. The summed E-state index contributed by atoms with van der Waals surface area (Å²) in [5, 5.41) is 0. The van der Waals surface area contributed by atoms with Gasteiger partial charge in [-0.1, -0.05) is 58.0 Å². The van der Waals surface area contributed by atoms with Crippen LogP contribution in [0.5, 0.6) is 0 Å². The summed E-state index contributed by atoms with van der Waals surface area (Å²) in [6.45, 7) is 14.7. The first kappa shape index (κ1) is 24.4. The molecule has 1 heterocycles. The van der Waals surface area contributed by atoms with Crippen LogP contribution in [-0.4, -0.2) is 72.3 Å². The summed E-state index contributed by atoms with van der Waals surface area (Å²) < 4.78 is 0. The lowest BCUT2D eigenvalue weighted by Crippen LogP contribution is -2.47. The van der Waals surface area contributed by atoms with Crippen LogP contribution >= 0.6 is 0 Å². The van der Waals surface area contributed by atoms with Crippen molar-refractivity contribution in [1.29, 1.82) is 0 Å². The number of nitrogens with zero attached hydrogens (tertiary/aromatic N) is 3. The van der Waals surface area contributed by atoms with Crippen molar-refractivity contribution in [1.82, 2.24) is 14.7 Å². The second-order valence-electron chi connectivity index (χ2n) is 8.85. The summed E-state index contributed by atoms with van der Waals surface area (Å²) >= 11 is 0. The Morgan fingerprint density at radius 1 is 1.03 bits per heavy atom. The largest absolute Gasteiger partial charge is 0.343 e. The number of hydrogen-bond acceptors (Lipinski definition) is 3. The van der Waals surface area contributed by atoms with Crippen molar-refractivity contribution in [2.75, 3.05) is 45.8 Å². The Balaban J connectivity index is 1.83. The van der Waals surface area contributed by atoms with E-state index in [2.05, 4.69) is 49.6 Å². The van der Waals surface area contributed by atoms with Crippen LogP contribution in [0.4, 0.5) is 0 Å². The molecule has 5 nitrogen and oxygen atoms in total. The summed E-state index contributed by atoms with van der Waals surface area (Å²) in [6.07, 6.45) is 2.91. The molecule has 1 aliphatic rings. The number of aryl methyl sites for hydroxylation is 1. The molecule has 2 rings (SSSR count). The first-order valence-electron chi connectivity index (χ1n) is 11.8. The van der Waals surface area contributed by atoms with E-state index in [0.717, 1.165) is 52.0 Å². The van der Waals surface area contributed by atoms with Crippen LogP contribution in [0.2, 0.25) is 0 Å². The molecule has 30 heavy (non-hydrogen) atoms. The van der Waals surface area contributed by atoms with Gasteiger partial charge in [0.15, 0.2) is 0 Å². The van der Waals surface area contributed by atoms with Crippen LogP contribution in [-0.2, 0) is 16.0 Å². The third-order valence-electron chi connectivity index (χ3n) is 6.15. The SMILES string of the molecule is CCN(CC)CCN(CC(C)C)C(=O)C1CCN(C(=O)CCc2ccccc2)CC1. The van der Waals surface area contributed by atoms with E-state index in [4.69, 9.17) is 0 Å². The maximum atomic E-state index is 13.2. The van der Waals surface area contributed by atoms with E-state index in [0.29, 0.717) is 25.4 Å². The minimum absolute atomic E-state index is 0.0543. The van der Waals surface area contributed by atoms with Crippen LogP contribution in [0, 0.1) is 11.8 Å². The Morgan fingerprint density at radius 3 is 2.23 bits per heavy atom. The van der Waals surface area contributed by atoms with Gasteiger partial charge in [-0.25, -0.2) is 0 Å². The molecule has 1 saturated heterocycles. The van der Waals surface area contributed by atoms with Gasteiger partial charge in [-0.05, 0) is 43.8 Å². The van der Waals surface area contributed by atoms with Crippen molar-refractivity contribution in [3.63, 3.8) is 0 Å². The molecule has 168 valence electrons. The molecular weight excluding hydrogens is 374 g/mol. The Morgan fingerprint density at radius 2 is 1.67 bits per heavy atom. The maximum Gasteiger partial charge on any atom is 0.225 e. The fraction of sp³-hybridized carbons (Fsp3) is 0.680. The van der Waals surface area contributed by atoms with Crippen molar-refractivity contribution in [2.45, 2.75) is 53.4 Å². The number of hydrogen-bond donors (Lipinski definition) is 0. The normalized spacial score (nSPS) is 15.1. The molecule has 0 aromatic heterocycles. The number of rotatable bonds is 11. The number of likely N-dealkylation sites (N-methyl/N-ethyl adjacent to an activating group) is 1. The van der Waals surface area contributed by atoms with E-state index >= 15 is 0 Å². The van der Waals surface area contributed by atoms with E-state index in [9.17, 15) is 9.59 Å². The maximum absolute atomic E-state index is 13.2. The van der Waals surface area contributed by atoms with Gasteiger partial charge in [0.05, 0.1) is 0 Å². The lowest BCUT2D eigenvalue weighted by molar-refractivity contribution is -0.141. The molecule has 0 N–H and O–H groups in total. The molecule has 0 bridgehead atoms. The van der Waals surface area contributed by atoms with E-state index < -0.39 is 0 Å². The zero-order valence-electron chi connectivity index (χ0n) is 19.5. The number of carbonyl (C=O) groups excluding carboxylic acids is 2. The van der Waals surface area contributed by atoms with Crippen molar-refractivity contribution >= 4 is 11.8 Å². The number of benzene rings is 1. The molecule has 1 aromatic carbocycles. The molecule has 0 atom stereocenters. The summed E-state index contributed by atoms with van der Waals surface area (Å²) in [7, 11) is 0. The van der Waals surface area contributed by atoms with E-state index in [1.54, 1.807) is 0 Å². The Labute approximate surface area is 183 Å². The summed E-state index contributed by atoms with van der Waals surface area (Å²) in [5.41, 5.74) is 1.20. The number of amides is 2. The van der Waals surface area contributed by atoms with E-state index in [1.165, 1.54) is 5.56 Å². The molecule has 0 saturated carbocycles. The van der Waals surface area contributed by atoms with Gasteiger partial charge in [-0.2, -0.15) is 0 Å². The van der Waals surface area contributed by atoms with Gasteiger partial charge in [0.25, 0.3) is 0 Å². The average Bonchev–Trinajstić information content (AvgIpc) is 2.77. The zero-order chi connectivity index (χ0) is 21.9. The summed E-state index contributed by atoms with van der Waals surface area (Å²) in [5.74, 6) is 1.02. The third kappa shape index (κ3) is 7.75. The molecule has 0 unspecified atom stereocenters.